The number of methoxy groups -OCH3 is 1. The number of amides is 1. The molecular formula is C18H20N6O2. The number of hydrogen-bond donors (Lipinski definition) is 3. The number of nitrogens with one attached hydrogen (secondary N) is 2. The zero-order valence-corrected chi connectivity index (χ0v) is 14.6. The normalized spacial score (nSPS) is 13.7. The van der Waals surface area contributed by atoms with Gasteiger partial charge in [-0.2, -0.15) is 0 Å². The molecule has 1 amide bonds. The van der Waals surface area contributed by atoms with Gasteiger partial charge in [0, 0.05) is 12.1 Å². The Bertz CT molecular complexity index is 893. The van der Waals surface area contributed by atoms with Gasteiger partial charge in [-0.1, -0.05) is 6.07 Å². The molecule has 0 radical (unpaired) electrons. The Balaban J connectivity index is 2.00. The summed E-state index contributed by atoms with van der Waals surface area (Å²) < 4.78 is 5.33. The number of carbonyl (C=O) groups is 1. The van der Waals surface area contributed by atoms with Crippen molar-refractivity contribution in [3.05, 3.63) is 52.7 Å². The minimum Gasteiger partial charge on any atom is -0.497 e. The maximum Gasteiger partial charge on any atom is 0.260 e. The second-order valence-corrected chi connectivity index (χ2v) is 5.76. The molecule has 8 heteroatoms. The number of ether oxygens (including phenoxy) is 1. The van der Waals surface area contributed by atoms with Crippen LogP contribution in [-0.2, 0) is 13.1 Å². The van der Waals surface area contributed by atoms with Crippen molar-refractivity contribution < 1.29 is 9.53 Å². The van der Waals surface area contributed by atoms with Gasteiger partial charge in [0.1, 0.15) is 23.6 Å². The van der Waals surface area contributed by atoms with Gasteiger partial charge < -0.3 is 15.8 Å². The molecule has 8 nitrogen and oxygen atoms in total. The summed E-state index contributed by atoms with van der Waals surface area (Å²) in [7, 11) is 3.44. The lowest BCUT2D eigenvalue weighted by Gasteiger charge is -2.15. The molecule has 26 heavy (non-hydrogen) atoms. The molecular weight excluding hydrogens is 332 g/mol. The third-order valence-electron chi connectivity index (χ3n) is 4.19. The Labute approximate surface area is 151 Å². The number of rotatable bonds is 6. The minimum absolute atomic E-state index is 0.128. The van der Waals surface area contributed by atoms with Crippen LogP contribution in [-0.4, -0.2) is 37.2 Å². The Morgan fingerprint density at radius 3 is 3.00 bits per heavy atom. The molecule has 0 bridgehead atoms. The lowest BCUT2D eigenvalue weighted by molar-refractivity contribution is 0.0995. The van der Waals surface area contributed by atoms with Crippen LogP contribution in [0.5, 0.6) is 5.75 Å². The average molecular weight is 352 g/mol. The van der Waals surface area contributed by atoms with Crippen molar-refractivity contribution in [3.8, 4) is 5.75 Å². The van der Waals surface area contributed by atoms with Gasteiger partial charge in [0.2, 0.25) is 0 Å². The minimum atomic E-state index is -0.136. The number of carbonyl (C=O) groups excluding carboxylic acids is 1. The van der Waals surface area contributed by atoms with Crippen LogP contribution in [0.4, 0.5) is 5.82 Å². The van der Waals surface area contributed by atoms with E-state index in [4.69, 9.17) is 15.9 Å². The van der Waals surface area contributed by atoms with Crippen LogP contribution < -0.4 is 20.7 Å². The summed E-state index contributed by atoms with van der Waals surface area (Å²) in [5, 5.41) is 10.1. The molecule has 134 valence electrons. The molecule has 1 aliphatic rings. The van der Waals surface area contributed by atoms with Crippen LogP contribution in [0, 0.1) is 5.41 Å². The van der Waals surface area contributed by atoms with Gasteiger partial charge in [-0.3, -0.25) is 15.1 Å². The molecule has 4 N–H and O–H groups in total. The molecule has 0 saturated carbocycles. The molecule has 1 aromatic heterocycles. The summed E-state index contributed by atoms with van der Waals surface area (Å²) in [4.78, 5) is 22.7. The highest BCUT2D eigenvalue weighted by molar-refractivity contribution is 6.10. The van der Waals surface area contributed by atoms with Crippen LogP contribution in [0.3, 0.4) is 0 Å². The van der Waals surface area contributed by atoms with Gasteiger partial charge in [0.25, 0.3) is 5.91 Å². The smallest absolute Gasteiger partial charge is 0.260 e. The number of amidine groups is 1. The molecule has 3 rings (SSSR count). The van der Waals surface area contributed by atoms with Crippen molar-refractivity contribution in [2.75, 3.05) is 19.1 Å². The number of fused-ring (bicyclic) bond motifs is 1. The van der Waals surface area contributed by atoms with Crippen LogP contribution in [0.25, 0.3) is 0 Å². The Morgan fingerprint density at radius 1 is 1.50 bits per heavy atom. The van der Waals surface area contributed by atoms with Gasteiger partial charge in [-0.15, -0.1) is 0 Å². The fourth-order valence-electron chi connectivity index (χ4n) is 2.96. The summed E-state index contributed by atoms with van der Waals surface area (Å²) in [6, 6.07) is 8.89. The number of anilines is 1. The second-order valence-electron chi connectivity index (χ2n) is 5.76. The zero-order valence-electron chi connectivity index (χ0n) is 14.6. The van der Waals surface area contributed by atoms with E-state index in [-0.39, 0.29) is 11.7 Å². The van der Waals surface area contributed by atoms with Crippen molar-refractivity contribution in [2.45, 2.75) is 13.1 Å². The third kappa shape index (κ3) is 3.14. The van der Waals surface area contributed by atoms with E-state index in [1.165, 1.54) is 0 Å². The van der Waals surface area contributed by atoms with E-state index in [2.05, 4.69) is 15.3 Å². The molecule has 0 aliphatic carbocycles. The summed E-state index contributed by atoms with van der Waals surface area (Å²) in [5.74, 6) is 1.13. The maximum atomic E-state index is 12.9. The van der Waals surface area contributed by atoms with Crippen LogP contribution >= 0.6 is 0 Å². The lowest BCUT2D eigenvalue weighted by Crippen LogP contribution is -2.25. The number of pyridine rings is 1. The topological polar surface area (TPSA) is 117 Å². The van der Waals surface area contributed by atoms with Crippen molar-refractivity contribution in [2.24, 2.45) is 10.7 Å². The van der Waals surface area contributed by atoms with Gasteiger partial charge >= 0.3 is 0 Å². The SMILES string of the molecule is CNCc1cc(OC)cc2c1CN(c1cccc(C(N)=NC=N)n1)C2=O. The Morgan fingerprint density at radius 2 is 2.31 bits per heavy atom. The predicted molar refractivity (Wildman–Crippen MR) is 100 cm³/mol. The number of aliphatic imine (C=N–C) groups is 1. The molecule has 1 aliphatic heterocycles. The second kappa shape index (κ2) is 7.32. The highest BCUT2D eigenvalue weighted by Gasteiger charge is 2.32. The molecule has 0 fully saturated rings. The molecule has 0 saturated heterocycles. The highest BCUT2D eigenvalue weighted by atomic mass is 16.5. The molecule has 1 aromatic carbocycles. The molecule has 2 aromatic rings. The van der Waals surface area contributed by atoms with Gasteiger partial charge in [-0.25, -0.2) is 9.98 Å². The first kappa shape index (κ1) is 17.6. The van der Waals surface area contributed by atoms with Crippen molar-refractivity contribution in [1.29, 1.82) is 5.41 Å². The third-order valence-corrected chi connectivity index (χ3v) is 4.19. The lowest BCUT2D eigenvalue weighted by atomic mass is 10.0. The molecule has 0 atom stereocenters. The van der Waals surface area contributed by atoms with Crippen LogP contribution in [0.1, 0.15) is 27.2 Å². The fourth-order valence-corrected chi connectivity index (χ4v) is 2.96. The first-order valence-corrected chi connectivity index (χ1v) is 8.05. The average Bonchev–Trinajstić information content (AvgIpc) is 2.99. The number of nitrogens with zero attached hydrogens (tertiary/aromatic N) is 3. The number of aromatic nitrogens is 1. The first-order valence-electron chi connectivity index (χ1n) is 8.05. The number of nitrogens with two attached hydrogens (primary N) is 1. The van der Waals surface area contributed by atoms with E-state index < -0.39 is 0 Å². The summed E-state index contributed by atoms with van der Waals surface area (Å²) >= 11 is 0. The first-order chi connectivity index (χ1) is 12.6. The number of benzene rings is 1. The summed E-state index contributed by atoms with van der Waals surface area (Å²) in [6.45, 7) is 1.06. The van der Waals surface area contributed by atoms with E-state index in [1.807, 2.05) is 13.1 Å². The van der Waals surface area contributed by atoms with Gasteiger partial charge in [-0.05, 0) is 42.4 Å². The number of hydrogen-bond acceptors (Lipinski definition) is 5. The fraction of sp³-hybridized carbons (Fsp3) is 0.222. The molecule has 0 spiro atoms. The van der Waals surface area contributed by atoms with Crippen LogP contribution in [0.15, 0.2) is 35.3 Å². The molecule has 2 heterocycles. The maximum absolute atomic E-state index is 12.9. The standard InChI is InChI=1S/C18H20N6O2/c1-21-8-11-6-12(26-2)7-13-14(11)9-24(18(13)25)16-5-3-4-15(23-16)17(20)22-10-19/h3-7,10,21H,8-9H2,1-2H3,(H3,19,20,22). The summed E-state index contributed by atoms with van der Waals surface area (Å²) in [6.07, 6.45) is 0.858. The zero-order chi connectivity index (χ0) is 18.7. The van der Waals surface area contributed by atoms with Gasteiger partial charge in [0.15, 0.2) is 5.84 Å². The van der Waals surface area contributed by atoms with E-state index in [1.54, 1.807) is 36.3 Å². The highest BCUT2D eigenvalue weighted by Crippen LogP contribution is 2.32. The largest absolute Gasteiger partial charge is 0.497 e. The van der Waals surface area contributed by atoms with Crippen molar-refractivity contribution in [1.82, 2.24) is 10.3 Å². The van der Waals surface area contributed by atoms with E-state index in [9.17, 15) is 4.79 Å². The van der Waals surface area contributed by atoms with Crippen molar-refractivity contribution in [3.63, 3.8) is 0 Å². The Kier molecular flexibility index (Phi) is 4.94. The van der Waals surface area contributed by atoms with Crippen LogP contribution in [0.2, 0.25) is 0 Å². The Hall–Kier alpha value is -3.26. The monoisotopic (exact) mass is 352 g/mol. The van der Waals surface area contributed by atoms with E-state index >= 15 is 0 Å². The van der Waals surface area contributed by atoms with Gasteiger partial charge in [0.05, 0.1) is 13.7 Å². The van der Waals surface area contributed by atoms with E-state index in [0.29, 0.717) is 35.9 Å². The van der Waals surface area contributed by atoms with E-state index in [0.717, 1.165) is 17.5 Å². The predicted octanol–water partition coefficient (Wildman–Crippen LogP) is 1.28. The van der Waals surface area contributed by atoms with Crippen molar-refractivity contribution >= 4 is 23.9 Å². The molecule has 0 unspecified atom stereocenters. The summed E-state index contributed by atoms with van der Waals surface area (Å²) in [5.41, 5.74) is 8.80. The quantitative estimate of drug-likeness (QED) is 0.535.